The fourth-order valence-electron chi connectivity index (χ4n) is 16.1. The van der Waals surface area contributed by atoms with Gasteiger partial charge in [-0.2, -0.15) is 0 Å². The van der Waals surface area contributed by atoms with Crippen LogP contribution in [0.2, 0.25) is 0 Å². The van der Waals surface area contributed by atoms with Crippen molar-refractivity contribution in [2.24, 2.45) is 0 Å². The molecule has 19 rings (SSSR count). The summed E-state index contributed by atoms with van der Waals surface area (Å²) in [5.74, 6) is 0. The Labute approximate surface area is 479 Å². The molecule has 0 fully saturated rings. The fourth-order valence-corrected chi connectivity index (χ4v) is 16.1. The van der Waals surface area contributed by atoms with E-state index in [1.165, 1.54) is 111 Å². The molecule has 15 aromatic rings. The van der Waals surface area contributed by atoms with Gasteiger partial charge in [0.05, 0.1) is 32.9 Å². The van der Waals surface area contributed by atoms with Gasteiger partial charge in [-0.15, -0.1) is 0 Å². The third-order valence-electron chi connectivity index (χ3n) is 19.2. The van der Waals surface area contributed by atoms with Crippen molar-refractivity contribution in [1.82, 2.24) is 4.57 Å². The zero-order valence-corrected chi connectivity index (χ0v) is 45.0. The average Bonchev–Trinajstić information content (AvgIpc) is 1.61. The SMILES string of the molecule is c1ccc(-n2c3ccccc3c3cc(-c4ccc5oc6cccc(N(c7ccc8c(c7)C7(c9ccccc9-c9ccccc97)c7ccccc7-8)c7ccc8c(c7)C7(c9ccccc9-c9ccccc97)c7ccccc7-8)c6c5c4)ccc32)cc1. The number of hydrogen-bond donors (Lipinski definition) is 0. The van der Waals surface area contributed by atoms with Gasteiger partial charge < -0.3 is 13.9 Å². The Kier molecular flexibility index (Phi) is 8.92. The third kappa shape index (κ3) is 5.73. The van der Waals surface area contributed by atoms with Crippen molar-refractivity contribution in [1.29, 1.82) is 0 Å². The summed E-state index contributed by atoms with van der Waals surface area (Å²) in [6, 6.07) is 109. The number of anilines is 3. The predicted octanol–water partition coefficient (Wildman–Crippen LogP) is 20.5. The van der Waals surface area contributed by atoms with Crippen molar-refractivity contribution >= 4 is 60.8 Å². The minimum atomic E-state index is -0.528. The molecule has 83 heavy (non-hydrogen) atoms. The summed E-state index contributed by atoms with van der Waals surface area (Å²) in [5, 5.41) is 4.58. The van der Waals surface area contributed by atoms with Crippen LogP contribution in [0.15, 0.2) is 296 Å². The van der Waals surface area contributed by atoms with Gasteiger partial charge in [0.2, 0.25) is 0 Å². The summed E-state index contributed by atoms with van der Waals surface area (Å²) < 4.78 is 9.38. The Hall–Kier alpha value is -10.7. The number of furan rings is 1. The molecular weight excluding hydrogens is 1000 g/mol. The number of fused-ring (bicyclic) bond motifs is 26. The van der Waals surface area contributed by atoms with Crippen molar-refractivity contribution in [3.63, 3.8) is 0 Å². The first-order valence-corrected chi connectivity index (χ1v) is 28.9. The number of nitrogens with zero attached hydrogens (tertiary/aromatic N) is 2. The maximum atomic E-state index is 7.00. The predicted molar refractivity (Wildman–Crippen MR) is 341 cm³/mol. The van der Waals surface area contributed by atoms with Crippen LogP contribution in [0.25, 0.3) is 105 Å². The molecule has 0 atom stereocenters. The summed E-state index contributed by atoms with van der Waals surface area (Å²) in [6.07, 6.45) is 0. The van der Waals surface area contributed by atoms with E-state index in [0.29, 0.717) is 0 Å². The first-order valence-electron chi connectivity index (χ1n) is 28.9. The summed E-state index contributed by atoms with van der Waals surface area (Å²) in [5.41, 5.74) is 30.4. The highest BCUT2D eigenvalue weighted by Crippen LogP contribution is 2.66. The first kappa shape index (κ1) is 45.0. The Morgan fingerprint density at radius 3 is 1.22 bits per heavy atom. The van der Waals surface area contributed by atoms with Crippen LogP contribution in [0.1, 0.15) is 44.5 Å². The Morgan fingerprint density at radius 1 is 0.277 bits per heavy atom. The largest absolute Gasteiger partial charge is 0.456 e. The lowest BCUT2D eigenvalue weighted by atomic mass is 9.70. The zero-order valence-electron chi connectivity index (χ0n) is 45.0. The maximum Gasteiger partial charge on any atom is 0.137 e. The van der Waals surface area contributed by atoms with Crippen LogP contribution in [0.3, 0.4) is 0 Å². The van der Waals surface area contributed by atoms with Gasteiger partial charge in [-0.1, -0.05) is 212 Å². The average molecular weight is 1050 g/mol. The number of rotatable bonds is 5. The van der Waals surface area contributed by atoms with Crippen LogP contribution < -0.4 is 4.90 Å². The number of para-hydroxylation sites is 2. The maximum absolute atomic E-state index is 7.00. The van der Waals surface area contributed by atoms with E-state index >= 15 is 0 Å². The molecule has 0 amide bonds. The monoisotopic (exact) mass is 1050 g/mol. The lowest BCUT2D eigenvalue weighted by Crippen LogP contribution is -2.26. The van der Waals surface area contributed by atoms with E-state index in [1.54, 1.807) is 0 Å². The molecule has 0 aliphatic heterocycles. The van der Waals surface area contributed by atoms with Crippen molar-refractivity contribution in [3.8, 4) is 61.3 Å². The fraction of sp³-hybridized carbons (Fsp3) is 0.0250. The highest BCUT2D eigenvalue weighted by Gasteiger charge is 2.53. The number of hydrogen-bond acceptors (Lipinski definition) is 2. The lowest BCUT2D eigenvalue weighted by molar-refractivity contribution is 0.669. The molecule has 2 aromatic heterocycles. The quantitative estimate of drug-likeness (QED) is 0.171. The van der Waals surface area contributed by atoms with Crippen LogP contribution >= 0.6 is 0 Å². The molecule has 0 unspecified atom stereocenters. The minimum absolute atomic E-state index is 0.528. The van der Waals surface area contributed by atoms with Gasteiger partial charge in [-0.3, -0.25) is 0 Å². The topological polar surface area (TPSA) is 21.3 Å². The van der Waals surface area contributed by atoms with Gasteiger partial charge >= 0.3 is 0 Å². The van der Waals surface area contributed by atoms with Gasteiger partial charge in [0, 0.05) is 33.2 Å². The van der Waals surface area contributed by atoms with E-state index in [-0.39, 0.29) is 0 Å². The summed E-state index contributed by atoms with van der Waals surface area (Å²) in [6.45, 7) is 0. The Balaban J connectivity index is 0.874. The normalized spacial score (nSPS) is 14.0. The van der Waals surface area contributed by atoms with E-state index in [1.807, 2.05) is 0 Å². The molecular formula is C80H48N2O. The number of aromatic nitrogens is 1. The second-order valence-corrected chi connectivity index (χ2v) is 23.0. The highest BCUT2D eigenvalue weighted by molar-refractivity contribution is 6.16. The van der Waals surface area contributed by atoms with E-state index in [2.05, 4.69) is 301 Å². The molecule has 0 bridgehead atoms. The van der Waals surface area contributed by atoms with Crippen LogP contribution in [-0.4, -0.2) is 4.57 Å². The molecule has 13 aromatic carbocycles. The van der Waals surface area contributed by atoms with E-state index in [0.717, 1.165) is 55.8 Å². The van der Waals surface area contributed by atoms with Gasteiger partial charge in [0.15, 0.2) is 0 Å². The standard InChI is InChI=1S/C80H48N2O/c1-2-19-51(20-3-1)82-73-34-17-10-27-62(73)63-45-49(37-43-74(63)82)50-38-44-76-64(46-50)78-75(35-18-36-77(78)83-76)81(52-39-41-60-58-25-8-15-32-69(58)79(71(60)47-52)65-28-11-4-21-54(65)55-22-5-12-29-66(55)79)53-40-42-61-59-26-9-16-33-70(59)80(72(61)48-53)67-30-13-6-23-56(67)57-24-7-14-31-68(57)80/h1-48H. The van der Waals surface area contributed by atoms with E-state index in [4.69, 9.17) is 4.42 Å². The van der Waals surface area contributed by atoms with E-state index in [9.17, 15) is 0 Å². The van der Waals surface area contributed by atoms with Crippen LogP contribution in [0, 0.1) is 0 Å². The van der Waals surface area contributed by atoms with Crippen molar-refractivity contribution < 1.29 is 4.42 Å². The summed E-state index contributed by atoms with van der Waals surface area (Å²) in [4.78, 5) is 2.54. The van der Waals surface area contributed by atoms with Gasteiger partial charge in [0.25, 0.3) is 0 Å². The molecule has 0 radical (unpaired) electrons. The lowest BCUT2D eigenvalue weighted by Gasteiger charge is -2.33. The molecule has 0 saturated carbocycles. The van der Waals surface area contributed by atoms with Gasteiger partial charge in [-0.25, -0.2) is 0 Å². The van der Waals surface area contributed by atoms with Crippen LogP contribution in [0.5, 0.6) is 0 Å². The second-order valence-electron chi connectivity index (χ2n) is 23.0. The smallest absolute Gasteiger partial charge is 0.137 e. The molecule has 2 heterocycles. The van der Waals surface area contributed by atoms with Crippen molar-refractivity contribution in [2.45, 2.75) is 10.8 Å². The molecule has 3 heteroatoms. The Bertz CT molecular complexity index is 4990. The highest BCUT2D eigenvalue weighted by atomic mass is 16.3. The minimum Gasteiger partial charge on any atom is -0.456 e. The summed E-state index contributed by atoms with van der Waals surface area (Å²) in [7, 11) is 0. The molecule has 4 aliphatic rings. The first-order chi connectivity index (χ1) is 41.2. The second kappa shape index (κ2) is 16.4. The van der Waals surface area contributed by atoms with Crippen molar-refractivity contribution in [2.75, 3.05) is 4.90 Å². The van der Waals surface area contributed by atoms with Gasteiger partial charge in [-0.05, 0) is 179 Å². The molecule has 0 N–H and O–H groups in total. The molecule has 0 saturated heterocycles. The molecule has 2 spiro atoms. The third-order valence-corrected chi connectivity index (χ3v) is 19.2. The molecule has 4 aliphatic carbocycles. The van der Waals surface area contributed by atoms with Crippen LogP contribution in [-0.2, 0) is 10.8 Å². The van der Waals surface area contributed by atoms with Gasteiger partial charge in [0.1, 0.15) is 11.2 Å². The van der Waals surface area contributed by atoms with E-state index < -0.39 is 10.8 Å². The summed E-state index contributed by atoms with van der Waals surface area (Å²) >= 11 is 0. The molecule has 3 nitrogen and oxygen atoms in total. The Morgan fingerprint density at radius 2 is 0.699 bits per heavy atom. The molecule has 384 valence electrons. The van der Waals surface area contributed by atoms with Crippen molar-refractivity contribution in [3.05, 3.63) is 336 Å². The number of benzene rings is 13. The zero-order chi connectivity index (χ0) is 54.1. The van der Waals surface area contributed by atoms with Crippen LogP contribution in [0.4, 0.5) is 17.1 Å².